The van der Waals surface area contributed by atoms with Gasteiger partial charge in [-0.25, -0.2) is 4.39 Å². The number of fused-ring (bicyclic) bond motifs is 1. The van der Waals surface area contributed by atoms with Crippen molar-refractivity contribution in [3.05, 3.63) is 35.8 Å². The van der Waals surface area contributed by atoms with Gasteiger partial charge in [-0.1, -0.05) is 0 Å². The predicted molar refractivity (Wildman–Crippen MR) is 67.5 cm³/mol. The number of carbonyl (C=O) groups is 2. The molecule has 0 saturated heterocycles. The number of hydrogen-bond donors (Lipinski definition) is 2. The molecular formula is C13H13FN2O3. The van der Waals surface area contributed by atoms with Crippen LogP contribution in [0.3, 0.4) is 0 Å². The van der Waals surface area contributed by atoms with E-state index in [9.17, 15) is 14.0 Å². The van der Waals surface area contributed by atoms with Gasteiger partial charge in [-0.2, -0.15) is 0 Å². The standard InChI is InChI=1S/C13H13FN2O3/c1-16-10-3-2-9(14)6-8(10)7-11(16)13(19)15-5-4-12(17)18/h2-3,6-7H,4-5H2,1H3,(H,15,19)(H,17,18). The molecule has 2 N–H and O–H groups in total. The second-order valence-electron chi connectivity index (χ2n) is 4.19. The fourth-order valence-corrected chi connectivity index (χ4v) is 1.91. The van der Waals surface area contributed by atoms with Crippen molar-refractivity contribution in [3.63, 3.8) is 0 Å². The van der Waals surface area contributed by atoms with E-state index in [0.717, 1.165) is 5.52 Å². The van der Waals surface area contributed by atoms with Crippen molar-refractivity contribution in [2.75, 3.05) is 6.54 Å². The summed E-state index contributed by atoms with van der Waals surface area (Å²) in [6.07, 6.45) is -0.135. The highest BCUT2D eigenvalue weighted by Gasteiger charge is 2.13. The van der Waals surface area contributed by atoms with Crippen LogP contribution in [0.15, 0.2) is 24.3 Å². The molecule has 0 fully saturated rings. The quantitative estimate of drug-likeness (QED) is 0.879. The van der Waals surface area contributed by atoms with Gasteiger partial charge in [0.1, 0.15) is 11.5 Å². The lowest BCUT2D eigenvalue weighted by molar-refractivity contribution is -0.136. The van der Waals surface area contributed by atoms with Crippen molar-refractivity contribution >= 4 is 22.8 Å². The first kappa shape index (κ1) is 13.1. The first-order valence-electron chi connectivity index (χ1n) is 5.74. The lowest BCUT2D eigenvalue weighted by Crippen LogP contribution is -2.27. The Hall–Kier alpha value is -2.37. The summed E-state index contributed by atoms with van der Waals surface area (Å²) in [4.78, 5) is 22.2. The number of amides is 1. The first-order valence-corrected chi connectivity index (χ1v) is 5.74. The Morgan fingerprint density at radius 3 is 2.79 bits per heavy atom. The van der Waals surface area contributed by atoms with Crippen LogP contribution in [0, 0.1) is 5.82 Å². The molecule has 0 aliphatic carbocycles. The van der Waals surface area contributed by atoms with E-state index in [0.29, 0.717) is 11.1 Å². The largest absolute Gasteiger partial charge is 0.481 e. The van der Waals surface area contributed by atoms with Gasteiger partial charge in [-0.15, -0.1) is 0 Å². The highest BCUT2D eigenvalue weighted by atomic mass is 19.1. The number of benzene rings is 1. The van der Waals surface area contributed by atoms with Gasteiger partial charge in [-0.3, -0.25) is 9.59 Å². The maximum absolute atomic E-state index is 13.1. The summed E-state index contributed by atoms with van der Waals surface area (Å²) in [6, 6.07) is 5.85. The number of nitrogens with one attached hydrogen (secondary N) is 1. The molecule has 0 radical (unpaired) electrons. The van der Waals surface area contributed by atoms with Gasteiger partial charge in [0.15, 0.2) is 0 Å². The third-order valence-corrected chi connectivity index (χ3v) is 2.86. The molecule has 0 atom stereocenters. The van der Waals surface area contributed by atoms with Crippen LogP contribution < -0.4 is 5.32 Å². The zero-order chi connectivity index (χ0) is 14.0. The maximum Gasteiger partial charge on any atom is 0.305 e. The van der Waals surface area contributed by atoms with E-state index in [-0.39, 0.29) is 24.7 Å². The molecule has 0 saturated carbocycles. The molecule has 1 heterocycles. The van der Waals surface area contributed by atoms with Crippen LogP contribution in [-0.2, 0) is 11.8 Å². The van der Waals surface area contributed by atoms with Crippen LogP contribution in [0.4, 0.5) is 4.39 Å². The second-order valence-corrected chi connectivity index (χ2v) is 4.19. The highest BCUT2D eigenvalue weighted by Crippen LogP contribution is 2.19. The number of carbonyl (C=O) groups excluding carboxylic acids is 1. The molecule has 0 unspecified atom stereocenters. The number of carboxylic acids is 1. The van der Waals surface area contributed by atoms with E-state index in [1.807, 2.05) is 0 Å². The molecule has 1 aromatic heterocycles. The van der Waals surface area contributed by atoms with Crippen LogP contribution in [0.5, 0.6) is 0 Å². The van der Waals surface area contributed by atoms with Gasteiger partial charge in [-0.05, 0) is 24.3 Å². The molecule has 1 aromatic carbocycles. The van der Waals surface area contributed by atoms with Crippen molar-refractivity contribution < 1.29 is 19.1 Å². The topological polar surface area (TPSA) is 71.3 Å². The van der Waals surface area contributed by atoms with E-state index in [1.165, 1.54) is 12.1 Å². The lowest BCUT2D eigenvalue weighted by Gasteiger charge is -2.05. The fourth-order valence-electron chi connectivity index (χ4n) is 1.91. The van der Waals surface area contributed by atoms with Crippen molar-refractivity contribution in [1.29, 1.82) is 0 Å². The van der Waals surface area contributed by atoms with E-state index >= 15 is 0 Å². The summed E-state index contributed by atoms with van der Waals surface area (Å²) in [6.45, 7) is 0.0596. The smallest absolute Gasteiger partial charge is 0.305 e. The third kappa shape index (κ3) is 2.73. The Morgan fingerprint density at radius 2 is 2.11 bits per heavy atom. The predicted octanol–water partition coefficient (Wildman–Crippen LogP) is 1.52. The van der Waals surface area contributed by atoms with Crippen molar-refractivity contribution in [2.45, 2.75) is 6.42 Å². The van der Waals surface area contributed by atoms with Crippen molar-refractivity contribution in [1.82, 2.24) is 9.88 Å². The number of hydrogen-bond acceptors (Lipinski definition) is 2. The molecule has 1 amide bonds. The minimum Gasteiger partial charge on any atom is -0.481 e. The summed E-state index contributed by atoms with van der Waals surface area (Å²) in [5.74, 6) is -1.71. The fraction of sp³-hybridized carbons (Fsp3) is 0.231. The number of halogens is 1. The number of carboxylic acid groups (broad SMARTS) is 1. The van der Waals surface area contributed by atoms with Crippen LogP contribution >= 0.6 is 0 Å². The molecule has 100 valence electrons. The number of aryl methyl sites for hydroxylation is 1. The minimum absolute atomic E-state index is 0.0596. The van der Waals surface area contributed by atoms with E-state index < -0.39 is 5.97 Å². The minimum atomic E-state index is -0.973. The Balaban J connectivity index is 2.22. The highest BCUT2D eigenvalue weighted by molar-refractivity contribution is 5.98. The van der Waals surface area contributed by atoms with Crippen LogP contribution in [0.1, 0.15) is 16.9 Å². The molecule has 19 heavy (non-hydrogen) atoms. The van der Waals surface area contributed by atoms with Crippen molar-refractivity contribution in [2.24, 2.45) is 7.05 Å². The monoisotopic (exact) mass is 264 g/mol. The number of aliphatic carboxylic acids is 1. The number of aromatic nitrogens is 1. The molecule has 0 bridgehead atoms. The molecule has 0 spiro atoms. The summed E-state index contributed by atoms with van der Waals surface area (Å²) < 4.78 is 14.7. The second kappa shape index (κ2) is 5.09. The van der Waals surface area contributed by atoms with Gasteiger partial charge in [0.2, 0.25) is 0 Å². The lowest BCUT2D eigenvalue weighted by atomic mass is 10.2. The van der Waals surface area contributed by atoms with Crippen LogP contribution in [0.25, 0.3) is 10.9 Å². The number of rotatable bonds is 4. The normalized spacial score (nSPS) is 10.6. The van der Waals surface area contributed by atoms with Gasteiger partial charge in [0.05, 0.1) is 6.42 Å². The summed E-state index contributed by atoms with van der Waals surface area (Å²) in [7, 11) is 1.70. The van der Waals surface area contributed by atoms with Gasteiger partial charge < -0.3 is 15.0 Å². The molecular weight excluding hydrogens is 251 g/mol. The summed E-state index contributed by atoms with van der Waals surface area (Å²) >= 11 is 0. The Bertz CT molecular complexity index is 649. The molecule has 2 rings (SSSR count). The van der Waals surface area contributed by atoms with E-state index in [2.05, 4.69) is 5.32 Å². The van der Waals surface area contributed by atoms with Gasteiger partial charge >= 0.3 is 5.97 Å². The molecule has 2 aromatic rings. The van der Waals surface area contributed by atoms with Crippen molar-refractivity contribution in [3.8, 4) is 0 Å². The SMILES string of the molecule is Cn1c(C(=O)NCCC(=O)O)cc2cc(F)ccc21. The third-order valence-electron chi connectivity index (χ3n) is 2.86. The van der Waals surface area contributed by atoms with Crippen LogP contribution in [0.2, 0.25) is 0 Å². The number of nitrogens with zero attached hydrogens (tertiary/aromatic N) is 1. The first-order chi connectivity index (χ1) is 8.99. The Labute approximate surface area is 108 Å². The summed E-state index contributed by atoms with van der Waals surface area (Å²) in [5.41, 5.74) is 1.11. The summed E-state index contributed by atoms with van der Waals surface area (Å²) in [5, 5.41) is 11.6. The average Bonchev–Trinajstić information content (AvgIpc) is 2.65. The van der Waals surface area contributed by atoms with E-state index in [1.54, 1.807) is 23.7 Å². The molecule has 0 aliphatic rings. The van der Waals surface area contributed by atoms with Crippen LogP contribution in [-0.4, -0.2) is 28.1 Å². The Kier molecular flexibility index (Phi) is 3.50. The Morgan fingerprint density at radius 1 is 1.37 bits per heavy atom. The average molecular weight is 264 g/mol. The molecule has 0 aliphatic heterocycles. The zero-order valence-electron chi connectivity index (χ0n) is 10.3. The van der Waals surface area contributed by atoms with Gasteiger partial charge in [0, 0.05) is 24.5 Å². The molecule has 6 heteroatoms. The molecule has 5 nitrogen and oxygen atoms in total. The van der Waals surface area contributed by atoms with E-state index in [4.69, 9.17) is 5.11 Å². The zero-order valence-corrected chi connectivity index (χ0v) is 10.3. The maximum atomic E-state index is 13.1. The van der Waals surface area contributed by atoms with Gasteiger partial charge in [0.25, 0.3) is 5.91 Å².